The molecule has 0 radical (unpaired) electrons. The van der Waals surface area contributed by atoms with Crippen molar-refractivity contribution in [3.05, 3.63) is 65.5 Å². The van der Waals surface area contributed by atoms with Crippen LogP contribution in [0.15, 0.2) is 48.5 Å². The lowest BCUT2D eigenvalue weighted by atomic mass is 10.1. The molecule has 3 rings (SSSR count). The van der Waals surface area contributed by atoms with Gasteiger partial charge in [0.1, 0.15) is 11.9 Å². The van der Waals surface area contributed by atoms with Gasteiger partial charge in [0.2, 0.25) is 11.8 Å². The van der Waals surface area contributed by atoms with Gasteiger partial charge in [-0.25, -0.2) is 4.39 Å². The molecule has 1 aliphatic rings. The average molecular weight is 326 g/mol. The maximum Gasteiger partial charge on any atom is 0.243 e. The molecule has 1 unspecified atom stereocenters. The van der Waals surface area contributed by atoms with E-state index in [-0.39, 0.29) is 24.2 Å². The zero-order chi connectivity index (χ0) is 17.1. The van der Waals surface area contributed by atoms with E-state index in [2.05, 4.69) is 5.32 Å². The minimum Gasteiger partial charge on any atom is -0.350 e. The molecule has 1 aliphatic heterocycles. The molecule has 0 aliphatic carbocycles. The number of carbonyl (C=O) groups excluding carboxylic acids is 2. The minimum absolute atomic E-state index is 0.0649. The Hall–Kier alpha value is -2.69. The summed E-state index contributed by atoms with van der Waals surface area (Å²) in [4.78, 5) is 26.2. The van der Waals surface area contributed by atoms with Gasteiger partial charge in [-0.05, 0) is 31.5 Å². The average Bonchev–Trinajstić information content (AvgIpc) is 2.96. The molecule has 1 saturated heterocycles. The molecular formula is C19H19FN2O2. The lowest BCUT2D eigenvalue weighted by molar-refractivity contribution is -0.124. The molecule has 2 amide bonds. The van der Waals surface area contributed by atoms with Crippen molar-refractivity contribution in [1.82, 2.24) is 5.32 Å². The van der Waals surface area contributed by atoms with Crippen LogP contribution in [0.5, 0.6) is 0 Å². The SMILES string of the molecule is Cc1ccc(N2C(=O)CCC2C(=O)NCc2ccccc2F)cc1. The van der Waals surface area contributed by atoms with Crippen molar-refractivity contribution >= 4 is 17.5 Å². The Bertz CT molecular complexity index is 758. The molecule has 24 heavy (non-hydrogen) atoms. The smallest absolute Gasteiger partial charge is 0.243 e. The minimum atomic E-state index is -0.549. The van der Waals surface area contributed by atoms with E-state index in [1.54, 1.807) is 18.2 Å². The Morgan fingerprint density at radius 2 is 1.92 bits per heavy atom. The molecule has 124 valence electrons. The maximum atomic E-state index is 13.6. The summed E-state index contributed by atoms with van der Waals surface area (Å²) in [5.74, 6) is -0.676. The highest BCUT2D eigenvalue weighted by atomic mass is 19.1. The van der Waals surface area contributed by atoms with Gasteiger partial charge in [0.25, 0.3) is 0 Å². The molecule has 2 aromatic rings. The summed E-state index contributed by atoms with van der Waals surface area (Å²) < 4.78 is 13.6. The Balaban J connectivity index is 1.72. The molecule has 1 atom stereocenters. The standard InChI is InChI=1S/C19H19FN2O2/c1-13-6-8-15(9-7-13)22-17(10-11-18(22)23)19(24)21-12-14-4-2-3-5-16(14)20/h2-9,17H,10-12H2,1H3,(H,21,24). The number of nitrogens with one attached hydrogen (secondary N) is 1. The summed E-state index contributed by atoms with van der Waals surface area (Å²) in [6.07, 6.45) is 0.807. The van der Waals surface area contributed by atoms with E-state index in [9.17, 15) is 14.0 Å². The molecular weight excluding hydrogens is 307 g/mol. The number of benzene rings is 2. The highest BCUT2D eigenvalue weighted by molar-refractivity contribution is 6.03. The van der Waals surface area contributed by atoms with E-state index in [0.717, 1.165) is 5.56 Å². The van der Waals surface area contributed by atoms with Gasteiger partial charge in [0.15, 0.2) is 0 Å². The van der Waals surface area contributed by atoms with Crippen molar-refractivity contribution in [3.8, 4) is 0 Å². The summed E-state index contributed by atoms with van der Waals surface area (Å²) in [6, 6.07) is 13.3. The van der Waals surface area contributed by atoms with Crippen molar-refractivity contribution in [1.29, 1.82) is 0 Å². The first-order valence-corrected chi connectivity index (χ1v) is 7.96. The van der Waals surface area contributed by atoms with Crippen molar-refractivity contribution in [2.24, 2.45) is 0 Å². The van der Waals surface area contributed by atoms with Crippen LogP contribution in [0, 0.1) is 12.7 Å². The highest BCUT2D eigenvalue weighted by Crippen LogP contribution is 2.27. The van der Waals surface area contributed by atoms with Crippen LogP contribution < -0.4 is 10.2 Å². The number of anilines is 1. The fraction of sp³-hybridized carbons (Fsp3) is 0.263. The molecule has 0 saturated carbocycles. The monoisotopic (exact) mass is 326 g/mol. The van der Waals surface area contributed by atoms with Gasteiger partial charge in [0, 0.05) is 24.2 Å². The fourth-order valence-electron chi connectivity index (χ4n) is 2.90. The number of hydrogen-bond acceptors (Lipinski definition) is 2. The summed E-state index contributed by atoms with van der Waals surface area (Å²) in [7, 11) is 0. The second kappa shape index (κ2) is 6.83. The van der Waals surface area contributed by atoms with E-state index in [4.69, 9.17) is 0 Å². The van der Waals surface area contributed by atoms with E-state index < -0.39 is 6.04 Å². The number of nitrogens with zero attached hydrogens (tertiary/aromatic N) is 1. The van der Waals surface area contributed by atoms with Crippen LogP contribution >= 0.6 is 0 Å². The zero-order valence-corrected chi connectivity index (χ0v) is 13.5. The van der Waals surface area contributed by atoms with Gasteiger partial charge < -0.3 is 5.32 Å². The number of aryl methyl sites for hydroxylation is 1. The molecule has 4 nitrogen and oxygen atoms in total. The van der Waals surface area contributed by atoms with Gasteiger partial charge in [0.05, 0.1) is 0 Å². The molecule has 2 aromatic carbocycles. The highest BCUT2D eigenvalue weighted by Gasteiger charge is 2.36. The Labute approximate surface area is 140 Å². The molecule has 0 bridgehead atoms. The second-order valence-corrected chi connectivity index (χ2v) is 5.96. The third-order valence-corrected chi connectivity index (χ3v) is 4.24. The molecule has 0 aromatic heterocycles. The molecule has 1 heterocycles. The fourth-order valence-corrected chi connectivity index (χ4v) is 2.90. The predicted octanol–water partition coefficient (Wildman–Crippen LogP) is 2.95. The van der Waals surface area contributed by atoms with Crippen LogP contribution in [-0.2, 0) is 16.1 Å². The normalized spacial score (nSPS) is 17.2. The van der Waals surface area contributed by atoms with E-state index in [1.165, 1.54) is 11.0 Å². The van der Waals surface area contributed by atoms with Gasteiger partial charge in [-0.2, -0.15) is 0 Å². The number of hydrogen-bond donors (Lipinski definition) is 1. The van der Waals surface area contributed by atoms with Crippen LogP contribution in [0.3, 0.4) is 0 Å². The number of halogens is 1. The van der Waals surface area contributed by atoms with Gasteiger partial charge in [-0.3, -0.25) is 14.5 Å². The Morgan fingerprint density at radius 1 is 1.21 bits per heavy atom. The van der Waals surface area contributed by atoms with Crippen molar-refractivity contribution in [2.45, 2.75) is 32.4 Å². The first kappa shape index (κ1) is 16.2. The van der Waals surface area contributed by atoms with Crippen LogP contribution in [0.25, 0.3) is 0 Å². The summed E-state index contributed by atoms with van der Waals surface area (Å²) in [5, 5.41) is 2.74. The largest absolute Gasteiger partial charge is 0.350 e. The molecule has 1 fully saturated rings. The lowest BCUT2D eigenvalue weighted by Crippen LogP contribution is -2.44. The van der Waals surface area contributed by atoms with Gasteiger partial charge in [-0.1, -0.05) is 35.9 Å². The van der Waals surface area contributed by atoms with Crippen LogP contribution in [0.2, 0.25) is 0 Å². The lowest BCUT2D eigenvalue weighted by Gasteiger charge is -2.24. The predicted molar refractivity (Wildman–Crippen MR) is 89.9 cm³/mol. The first-order chi connectivity index (χ1) is 11.6. The summed E-state index contributed by atoms with van der Waals surface area (Å²) >= 11 is 0. The van der Waals surface area contributed by atoms with Gasteiger partial charge >= 0.3 is 0 Å². The first-order valence-electron chi connectivity index (χ1n) is 7.96. The summed E-state index contributed by atoms with van der Waals surface area (Å²) in [5.41, 5.74) is 2.23. The molecule has 0 spiro atoms. The topological polar surface area (TPSA) is 49.4 Å². The number of rotatable bonds is 4. The van der Waals surface area contributed by atoms with Crippen LogP contribution in [-0.4, -0.2) is 17.9 Å². The van der Waals surface area contributed by atoms with Crippen molar-refractivity contribution < 1.29 is 14.0 Å². The van der Waals surface area contributed by atoms with Crippen molar-refractivity contribution in [3.63, 3.8) is 0 Å². The van der Waals surface area contributed by atoms with E-state index in [1.807, 2.05) is 31.2 Å². The Kier molecular flexibility index (Phi) is 4.60. The Morgan fingerprint density at radius 3 is 2.62 bits per heavy atom. The van der Waals surface area contributed by atoms with Crippen LogP contribution in [0.4, 0.5) is 10.1 Å². The maximum absolute atomic E-state index is 13.6. The quantitative estimate of drug-likeness (QED) is 0.939. The third kappa shape index (κ3) is 3.30. The van der Waals surface area contributed by atoms with Gasteiger partial charge in [-0.15, -0.1) is 0 Å². The third-order valence-electron chi connectivity index (χ3n) is 4.24. The number of amides is 2. The summed E-state index contributed by atoms with van der Waals surface area (Å²) in [6.45, 7) is 2.08. The van der Waals surface area contributed by atoms with E-state index in [0.29, 0.717) is 24.1 Å². The van der Waals surface area contributed by atoms with E-state index >= 15 is 0 Å². The van der Waals surface area contributed by atoms with Crippen molar-refractivity contribution in [2.75, 3.05) is 4.90 Å². The zero-order valence-electron chi connectivity index (χ0n) is 13.5. The molecule has 5 heteroatoms. The molecule has 1 N–H and O–H groups in total. The van der Waals surface area contributed by atoms with Crippen LogP contribution in [0.1, 0.15) is 24.0 Å². The second-order valence-electron chi connectivity index (χ2n) is 5.96. The number of carbonyl (C=O) groups is 2.